The Balaban J connectivity index is 2.91. The number of carbonyl (C=O) groups is 1. The van der Waals surface area contributed by atoms with Gasteiger partial charge in [-0.1, -0.05) is 23.3 Å². The van der Waals surface area contributed by atoms with Crippen molar-refractivity contribution in [1.82, 2.24) is 0 Å². The molecular formula is C14H18O2. The Morgan fingerprint density at radius 1 is 1.38 bits per heavy atom. The second-order valence-electron chi connectivity index (χ2n) is 4.18. The Morgan fingerprint density at radius 2 is 2.06 bits per heavy atom. The molecule has 2 nitrogen and oxygen atoms in total. The largest absolute Gasteiger partial charge is 0.496 e. The molecule has 0 atom stereocenters. The van der Waals surface area contributed by atoms with Crippen molar-refractivity contribution in [3.63, 3.8) is 0 Å². The number of methoxy groups -OCH3 is 1. The Hall–Kier alpha value is -1.57. The van der Waals surface area contributed by atoms with Crippen LogP contribution in [0.4, 0.5) is 0 Å². The summed E-state index contributed by atoms with van der Waals surface area (Å²) in [4.78, 5) is 11.7. The van der Waals surface area contributed by atoms with Crippen LogP contribution < -0.4 is 4.74 Å². The Bertz CT molecular complexity index is 413. The Labute approximate surface area is 96.9 Å². The van der Waals surface area contributed by atoms with E-state index in [1.807, 2.05) is 39.0 Å². The lowest BCUT2D eigenvalue weighted by atomic mass is 10.0. The normalized spacial score (nSPS) is 9.75. The zero-order valence-corrected chi connectivity index (χ0v) is 10.3. The minimum absolute atomic E-state index is 0.115. The van der Waals surface area contributed by atoms with E-state index >= 15 is 0 Å². The van der Waals surface area contributed by atoms with Crippen molar-refractivity contribution in [2.75, 3.05) is 7.11 Å². The van der Waals surface area contributed by atoms with Crippen LogP contribution in [0.5, 0.6) is 5.75 Å². The first-order valence-electron chi connectivity index (χ1n) is 5.34. The lowest BCUT2D eigenvalue weighted by molar-refractivity contribution is -0.114. The number of rotatable bonds is 4. The highest BCUT2D eigenvalue weighted by Gasteiger charge is 2.07. The fourth-order valence-electron chi connectivity index (χ4n) is 1.61. The zero-order valence-electron chi connectivity index (χ0n) is 10.3. The van der Waals surface area contributed by atoms with E-state index in [9.17, 15) is 4.79 Å². The van der Waals surface area contributed by atoms with Gasteiger partial charge < -0.3 is 4.74 Å². The van der Waals surface area contributed by atoms with Gasteiger partial charge >= 0.3 is 0 Å². The first kappa shape index (κ1) is 12.5. The Kier molecular flexibility index (Phi) is 4.29. The van der Waals surface area contributed by atoms with Crippen LogP contribution >= 0.6 is 0 Å². The number of hydrogen-bond acceptors (Lipinski definition) is 2. The van der Waals surface area contributed by atoms with Gasteiger partial charge in [0.15, 0.2) is 5.78 Å². The molecule has 0 amide bonds. The summed E-state index contributed by atoms with van der Waals surface area (Å²) < 4.78 is 5.23. The molecule has 16 heavy (non-hydrogen) atoms. The molecule has 2 heteroatoms. The number of benzene rings is 1. The number of aryl methyl sites for hydroxylation is 1. The molecule has 0 heterocycles. The van der Waals surface area contributed by atoms with Gasteiger partial charge in [-0.25, -0.2) is 0 Å². The molecule has 86 valence electrons. The highest BCUT2D eigenvalue weighted by atomic mass is 16.5. The number of ether oxygens (including phenoxy) is 1. The minimum Gasteiger partial charge on any atom is -0.496 e. The van der Waals surface area contributed by atoms with Gasteiger partial charge in [-0.2, -0.15) is 0 Å². The smallest absolute Gasteiger partial charge is 0.160 e. The molecule has 0 N–H and O–H groups in total. The fourth-order valence-corrected chi connectivity index (χ4v) is 1.61. The third-order valence-electron chi connectivity index (χ3n) is 2.25. The molecule has 0 saturated carbocycles. The highest BCUT2D eigenvalue weighted by Crippen LogP contribution is 2.20. The van der Waals surface area contributed by atoms with E-state index in [4.69, 9.17) is 4.74 Å². The molecule has 0 unspecified atom stereocenters. The standard InChI is InChI=1S/C14H18O2/c1-10(2)7-13(15)9-12-8-11(3)5-6-14(12)16-4/h5-8H,9H2,1-4H3. The topological polar surface area (TPSA) is 26.3 Å². The van der Waals surface area contributed by atoms with Gasteiger partial charge in [0.1, 0.15) is 5.75 Å². The summed E-state index contributed by atoms with van der Waals surface area (Å²) in [6.07, 6.45) is 2.07. The minimum atomic E-state index is 0.115. The van der Waals surface area contributed by atoms with Gasteiger partial charge in [0.2, 0.25) is 0 Å². The van der Waals surface area contributed by atoms with Crippen molar-refractivity contribution >= 4 is 5.78 Å². The summed E-state index contributed by atoms with van der Waals surface area (Å²) in [5.74, 6) is 0.894. The molecule has 1 aromatic rings. The van der Waals surface area contributed by atoms with Crippen molar-refractivity contribution in [2.45, 2.75) is 27.2 Å². The van der Waals surface area contributed by atoms with Crippen LogP contribution in [0.15, 0.2) is 29.8 Å². The summed E-state index contributed by atoms with van der Waals surface area (Å²) in [6, 6.07) is 5.88. The van der Waals surface area contributed by atoms with E-state index in [1.54, 1.807) is 13.2 Å². The van der Waals surface area contributed by atoms with Gasteiger partial charge in [-0.15, -0.1) is 0 Å². The number of ketones is 1. The van der Waals surface area contributed by atoms with Gasteiger partial charge in [-0.05, 0) is 32.9 Å². The summed E-state index contributed by atoms with van der Waals surface area (Å²) in [7, 11) is 1.62. The van der Waals surface area contributed by atoms with Gasteiger partial charge in [0, 0.05) is 12.0 Å². The number of allylic oxidation sites excluding steroid dienone is 2. The fraction of sp³-hybridized carbons (Fsp3) is 0.357. The van der Waals surface area contributed by atoms with Crippen LogP contribution in [0.3, 0.4) is 0 Å². The monoisotopic (exact) mass is 218 g/mol. The van der Waals surface area contributed by atoms with E-state index in [0.29, 0.717) is 6.42 Å². The molecule has 0 spiro atoms. The van der Waals surface area contributed by atoms with E-state index in [0.717, 1.165) is 22.4 Å². The molecule has 0 aliphatic rings. The number of hydrogen-bond donors (Lipinski definition) is 0. The van der Waals surface area contributed by atoms with Crippen LogP contribution in [0.25, 0.3) is 0 Å². The van der Waals surface area contributed by atoms with Crippen molar-refractivity contribution in [3.8, 4) is 5.75 Å². The molecular weight excluding hydrogens is 200 g/mol. The summed E-state index contributed by atoms with van der Waals surface area (Å²) in [6.45, 7) is 5.85. The second-order valence-corrected chi connectivity index (χ2v) is 4.18. The van der Waals surface area contributed by atoms with E-state index in [-0.39, 0.29) is 5.78 Å². The van der Waals surface area contributed by atoms with E-state index < -0.39 is 0 Å². The zero-order chi connectivity index (χ0) is 12.1. The lowest BCUT2D eigenvalue weighted by Gasteiger charge is -2.07. The third kappa shape index (κ3) is 3.54. The van der Waals surface area contributed by atoms with Crippen molar-refractivity contribution in [2.24, 2.45) is 0 Å². The molecule has 1 rings (SSSR count). The average molecular weight is 218 g/mol. The van der Waals surface area contributed by atoms with Crippen LogP contribution in [0.1, 0.15) is 25.0 Å². The van der Waals surface area contributed by atoms with Crippen LogP contribution in [0.2, 0.25) is 0 Å². The van der Waals surface area contributed by atoms with Gasteiger partial charge in [0.25, 0.3) is 0 Å². The van der Waals surface area contributed by atoms with Crippen molar-refractivity contribution in [3.05, 3.63) is 41.0 Å². The lowest BCUT2D eigenvalue weighted by Crippen LogP contribution is -2.02. The summed E-state index contributed by atoms with van der Waals surface area (Å²) in [5, 5.41) is 0. The molecule has 0 aromatic heterocycles. The maximum absolute atomic E-state index is 11.7. The molecule has 0 radical (unpaired) electrons. The van der Waals surface area contributed by atoms with Crippen LogP contribution in [-0.2, 0) is 11.2 Å². The molecule has 0 fully saturated rings. The van der Waals surface area contributed by atoms with Crippen molar-refractivity contribution in [1.29, 1.82) is 0 Å². The predicted octanol–water partition coefficient (Wildman–Crippen LogP) is 3.08. The van der Waals surface area contributed by atoms with Gasteiger partial charge in [-0.3, -0.25) is 4.79 Å². The summed E-state index contributed by atoms with van der Waals surface area (Å²) >= 11 is 0. The molecule has 1 aromatic carbocycles. The highest BCUT2D eigenvalue weighted by molar-refractivity contribution is 5.92. The maximum atomic E-state index is 11.7. The van der Waals surface area contributed by atoms with Crippen LogP contribution in [-0.4, -0.2) is 12.9 Å². The summed E-state index contributed by atoms with van der Waals surface area (Å²) in [5.41, 5.74) is 3.11. The third-order valence-corrected chi connectivity index (χ3v) is 2.25. The van der Waals surface area contributed by atoms with E-state index in [2.05, 4.69) is 0 Å². The number of carbonyl (C=O) groups excluding carboxylic acids is 1. The Morgan fingerprint density at radius 3 is 2.62 bits per heavy atom. The molecule has 0 bridgehead atoms. The maximum Gasteiger partial charge on any atom is 0.160 e. The van der Waals surface area contributed by atoms with Crippen molar-refractivity contribution < 1.29 is 9.53 Å². The van der Waals surface area contributed by atoms with E-state index in [1.165, 1.54) is 0 Å². The first-order valence-corrected chi connectivity index (χ1v) is 5.34. The first-order chi connectivity index (χ1) is 7.52. The molecule has 0 aliphatic heterocycles. The quantitative estimate of drug-likeness (QED) is 0.726. The second kappa shape index (κ2) is 5.50. The predicted molar refractivity (Wildman–Crippen MR) is 65.9 cm³/mol. The van der Waals surface area contributed by atoms with Crippen LogP contribution in [0, 0.1) is 6.92 Å². The molecule has 0 saturated heterocycles. The molecule has 0 aliphatic carbocycles. The van der Waals surface area contributed by atoms with Gasteiger partial charge in [0.05, 0.1) is 7.11 Å². The SMILES string of the molecule is COc1ccc(C)cc1CC(=O)C=C(C)C. The average Bonchev–Trinajstić information content (AvgIpc) is 2.16.